The zero-order valence-electron chi connectivity index (χ0n) is 10.6. The second-order valence-electron chi connectivity index (χ2n) is 5.18. The van der Waals surface area contributed by atoms with Crippen LogP contribution in [0.1, 0.15) is 37.2 Å². The Labute approximate surface area is 109 Å². The molecule has 0 unspecified atom stereocenters. The Bertz CT molecular complexity index is 453. The molecule has 1 N–H and O–H groups in total. The lowest BCUT2D eigenvalue weighted by atomic mass is 9.82. The Morgan fingerprint density at radius 3 is 2.17 bits per heavy atom. The number of hydrogen-bond acceptors (Lipinski definition) is 1. The van der Waals surface area contributed by atoms with Crippen molar-refractivity contribution in [1.82, 2.24) is 4.68 Å². The molecule has 1 saturated carbocycles. The van der Waals surface area contributed by atoms with E-state index in [1.165, 1.54) is 31.2 Å². The summed E-state index contributed by atoms with van der Waals surface area (Å²) in [5.74, 6) is 0.758. The molecule has 2 aromatic rings. The summed E-state index contributed by atoms with van der Waals surface area (Å²) in [5.41, 5.74) is 5.06. The molecule has 3 rings (SSSR count). The highest BCUT2D eigenvalue weighted by Gasteiger charge is 2.21. The van der Waals surface area contributed by atoms with Gasteiger partial charge in [0.05, 0.1) is 0 Å². The maximum atomic E-state index is 3.55. The smallest absolute Gasteiger partial charge is 0.0424 e. The zero-order valence-corrected chi connectivity index (χ0v) is 10.6. The lowest BCUT2D eigenvalue weighted by Gasteiger charge is -2.30. The van der Waals surface area contributed by atoms with E-state index >= 15 is 0 Å². The minimum atomic E-state index is 0.623. The van der Waals surface area contributed by atoms with Crippen LogP contribution in [0.3, 0.4) is 0 Å². The van der Waals surface area contributed by atoms with Gasteiger partial charge in [-0.3, -0.25) is 4.68 Å². The van der Waals surface area contributed by atoms with Crippen LogP contribution in [0, 0.1) is 0 Å². The van der Waals surface area contributed by atoms with Crippen LogP contribution in [0.15, 0.2) is 54.9 Å². The van der Waals surface area contributed by atoms with Crippen molar-refractivity contribution in [2.75, 3.05) is 5.43 Å². The molecule has 0 bridgehead atoms. The Kier molecular flexibility index (Phi) is 3.35. The highest BCUT2D eigenvalue weighted by Crippen LogP contribution is 2.32. The van der Waals surface area contributed by atoms with E-state index in [9.17, 15) is 0 Å². The van der Waals surface area contributed by atoms with Crippen LogP contribution in [-0.4, -0.2) is 10.7 Å². The summed E-state index contributed by atoms with van der Waals surface area (Å²) in [7, 11) is 0. The average Bonchev–Trinajstić information content (AvgIpc) is 2.94. The van der Waals surface area contributed by atoms with Crippen LogP contribution in [0.4, 0.5) is 0 Å². The molecule has 1 aliphatic rings. The van der Waals surface area contributed by atoms with Crippen LogP contribution in [0.25, 0.3) is 0 Å². The summed E-state index contributed by atoms with van der Waals surface area (Å²) in [6.45, 7) is 0. The van der Waals surface area contributed by atoms with Crippen molar-refractivity contribution in [3.05, 3.63) is 60.4 Å². The molecule has 94 valence electrons. The third-order valence-corrected chi connectivity index (χ3v) is 3.93. The van der Waals surface area contributed by atoms with Crippen molar-refractivity contribution in [3.63, 3.8) is 0 Å². The van der Waals surface area contributed by atoms with Gasteiger partial charge in [0.25, 0.3) is 0 Å². The Balaban J connectivity index is 1.55. The molecular formula is C16H20N2. The topological polar surface area (TPSA) is 17.0 Å². The van der Waals surface area contributed by atoms with Crippen molar-refractivity contribution in [2.24, 2.45) is 0 Å². The van der Waals surface area contributed by atoms with Gasteiger partial charge in [-0.15, -0.1) is 0 Å². The fourth-order valence-electron chi connectivity index (χ4n) is 2.91. The lowest BCUT2D eigenvalue weighted by Crippen LogP contribution is -2.30. The highest BCUT2D eigenvalue weighted by molar-refractivity contribution is 5.20. The molecule has 1 aliphatic carbocycles. The summed E-state index contributed by atoms with van der Waals surface area (Å²) >= 11 is 0. The number of aromatic nitrogens is 1. The van der Waals surface area contributed by atoms with Crippen LogP contribution < -0.4 is 5.43 Å². The van der Waals surface area contributed by atoms with E-state index in [1.807, 2.05) is 0 Å². The summed E-state index contributed by atoms with van der Waals surface area (Å²) in [4.78, 5) is 0. The van der Waals surface area contributed by atoms with E-state index in [0.717, 1.165) is 5.92 Å². The second kappa shape index (κ2) is 5.30. The molecule has 18 heavy (non-hydrogen) atoms. The van der Waals surface area contributed by atoms with Gasteiger partial charge >= 0.3 is 0 Å². The van der Waals surface area contributed by atoms with Gasteiger partial charge in [0.2, 0.25) is 0 Å². The lowest BCUT2D eigenvalue weighted by molar-refractivity contribution is 0.395. The first-order valence-electron chi connectivity index (χ1n) is 6.86. The molecule has 0 saturated heterocycles. The van der Waals surface area contributed by atoms with E-state index < -0.39 is 0 Å². The van der Waals surface area contributed by atoms with Gasteiger partial charge in [0, 0.05) is 18.4 Å². The standard InChI is InChI=1S/C16H20N2/c1-2-6-14(7-3-1)15-8-10-16(11-9-15)17-18-12-4-5-13-18/h1-7,12-13,15-17H,8-11H2. The predicted octanol–water partition coefficient (Wildman–Crippen LogP) is 3.76. The van der Waals surface area contributed by atoms with E-state index in [0.29, 0.717) is 6.04 Å². The number of rotatable bonds is 3. The summed E-state index contributed by atoms with van der Waals surface area (Å²) in [6, 6.07) is 15.7. The number of nitrogens with one attached hydrogen (secondary N) is 1. The number of nitrogens with zero attached hydrogens (tertiary/aromatic N) is 1. The minimum absolute atomic E-state index is 0.623. The van der Waals surface area contributed by atoms with E-state index in [-0.39, 0.29) is 0 Å². The Morgan fingerprint density at radius 1 is 0.833 bits per heavy atom. The summed E-state index contributed by atoms with van der Waals surface area (Å²) < 4.78 is 2.08. The summed E-state index contributed by atoms with van der Waals surface area (Å²) in [6.07, 6.45) is 9.26. The zero-order chi connectivity index (χ0) is 12.2. The van der Waals surface area contributed by atoms with Crippen LogP contribution >= 0.6 is 0 Å². The van der Waals surface area contributed by atoms with Crippen LogP contribution in [-0.2, 0) is 0 Å². The van der Waals surface area contributed by atoms with E-state index in [2.05, 4.69) is 65.0 Å². The molecule has 1 fully saturated rings. The number of benzene rings is 1. The third kappa shape index (κ3) is 2.58. The maximum absolute atomic E-state index is 3.55. The van der Waals surface area contributed by atoms with Gasteiger partial charge in [0.1, 0.15) is 0 Å². The highest BCUT2D eigenvalue weighted by atomic mass is 15.4. The number of hydrogen-bond donors (Lipinski definition) is 1. The maximum Gasteiger partial charge on any atom is 0.0424 e. The Morgan fingerprint density at radius 2 is 1.50 bits per heavy atom. The first kappa shape index (κ1) is 11.4. The fraction of sp³-hybridized carbons (Fsp3) is 0.375. The van der Waals surface area contributed by atoms with Crippen LogP contribution in [0.5, 0.6) is 0 Å². The third-order valence-electron chi connectivity index (χ3n) is 3.93. The molecule has 1 heterocycles. The largest absolute Gasteiger partial charge is 0.323 e. The van der Waals surface area contributed by atoms with Crippen molar-refractivity contribution in [2.45, 2.75) is 37.6 Å². The Hall–Kier alpha value is -1.70. The molecule has 0 aliphatic heterocycles. The van der Waals surface area contributed by atoms with Crippen molar-refractivity contribution in [1.29, 1.82) is 0 Å². The molecule has 1 aromatic carbocycles. The second-order valence-corrected chi connectivity index (χ2v) is 5.18. The van der Waals surface area contributed by atoms with Gasteiger partial charge in [-0.25, -0.2) is 0 Å². The van der Waals surface area contributed by atoms with Crippen molar-refractivity contribution in [3.8, 4) is 0 Å². The van der Waals surface area contributed by atoms with E-state index in [4.69, 9.17) is 0 Å². The molecule has 0 radical (unpaired) electrons. The predicted molar refractivity (Wildman–Crippen MR) is 75.2 cm³/mol. The minimum Gasteiger partial charge on any atom is -0.323 e. The normalized spacial score (nSPS) is 23.8. The summed E-state index contributed by atoms with van der Waals surface area (Å²) in [5, 5.41) is 0. The molecule has 0 amide bonds. The molecule has 0 atom stereocenters. The van der Waals surface area contributed by atoms with Gasteiger partial charge in [-0.05, 0) is 49.3 Å². The average molecular weight is 240 g/mol. The quantitative estimate of drug-likeness (QED) is 0.864. The van der Waals surface area contributed by atoms with E-state index in [1.54, 1.807) is 0 Å². The van der Waals surface area contributed by atoms with Crippen LogP contribution in [0.2, 0.25) is 0 Å². The van der Waals surface area contributed by atoms with Crippen molar-refractivity contribution >= 4 is 0 Å². The monoisotopic (exact) mass is 240 g/mol. The first-order valence-corrected chi connectivity index (χ1v) is 6.86. The molecule has 1 aromatic heterocycles. The SMILES string of the molecule is c1ccc(C2CCC(Nn3cccc3)CC2)cc1. The van der Waals surface area contributed by atoms with Crippen molar-refractivity contribution < 1.29 is 0 Å². The molecule has 0 spiro atoms. The van der Waals surface area contributed by atoms with Gasteiger partial charge in [0.15, 0.2) is 0 Å². The molecule has 2 heteroatoms. The first-order chi connectivity index (χ1) is 8.92. The molecular weight excluding hydrogens is 220 g/mol. The molecule has 2 nitrogen and oxygen atoms in total. The van der Waals surface area contributed by atoms with Gasteiger partial charge in [-0.1, -0.05) is 30.3 Å². The van der Waals surface area contributed by atoms with Gasteiger partial charge in [-0.2, -0.15) is 0 Å². The fourth-order valence-corrected chi connectivity index (χ4v) is 2.91. The van der Waals surface area contributed by atoms with Gasteiger partial charge < -0.3 is 5.43 Å².